The first kappa shape index (κ1) is 17.9. The highest BCUT2D eigenvalue weighted by molar-refractivity contribution is 8.14. The van der Waals surface area contributed by atoms with Gasteiger partial charge in [-0.2, -0.15) is 0 Å². The molecule has 1 N–H and O–H groups in total. The van der Waals surface area contributed by atoms with Gasteiger partial charge in [-0.1, -0.05) is 11.8 Å². The Hall–Kier alpha value is -2.42. The topological polar surface area (TPSA) is 94.2 Å². The van der Waals surface area contributed by atoms with Gasteiger partial charge in [0.1, 0.15) is 0 Å². The summed E-state index contributed by atoms with van der Waals surface area (Å²) in [5, 5.41) is 2.37. The van der Waals surface area contributed by atoms with Crippen molar-refractivity contribution in [3.63, 3.8) is 0 Å². The monoisotopic (exact) mass is 354 g/mol. The first-order valence-corrected chi connectivity index (χ1v) is 8.05. The zero-order valence-electron chi connectivity index (χ0n) is 13.6. The van der Waals surface area contributed by atoms with Crippen molar-refractivity contribution in [1.82, 2.24) is 10.2 Å². The van der Waals surface area contributed by atoms with E-state index in [9.17, 15) is 14.4 Å². The fourth-order valence-electron chi connectivity index (χ4n) is 2.19. The Morgan fingerprint density at radius 2 is 1.79 bits per heavy atom. The van der Waals surface area contributed by atoms with Crippen LogP contribution in [-0.4, -0.2) is 62.1 Å². The van der Waals surface area contributed by atoms with Crippen molar-refractivity contribution in [2.45, 2.75) is 0 Å². The summed E-state index contributed by atoms with van der Waals surface area (Å²) < 4.78 is 15.6. The number of amides is 3. The van der Waals surface area contributed by atoms with Crippen molar-refractivity contribution in [3.8, 4) is 17.2 Å². The number of methoxy groups -OCH3 is 3. The van der Waals surface area contributed by atoms with Gasteiger partial charge in [0, 0.05) is 18.7 Å². The van der Waals surface area contributed by atoms with Gasteiger partial charge in [-0.05, 0) is 12.1 Å². The minimum atomic E-state index is -0.374. The number of imide groups is 1. The summed E-state index contributed by atoms with van der Waals surface area (Å²) in [6.45, 7) is 0.300. The summed E-state index contributed by atoms with van der Waals surface area (Å²) in [6, 6.07) is 3.05. The van der Waals surface area contributed by atoms with E-state index in [0.29, 0.717) is 22.8 Å². The van der Waals surface area contributed by atoms with Crippen LogP contribution >= 0.6 is 11.8 Å². The Balaban J connectivity index is 2.04. The smallest absolute Gasteiger partial charge is 0.288 e. The van der Waals surface area contributed by atoms with Crippen LogP contribution in [-0.2, 0) is 4.79 Å². The fraction of sp³-hybridized carbons (Fsp3) is 0.400. The van der Waals surface area contributed by atoms with Gasteiger partial charge in [-0.3, -0.25) is 19.3 Å². The lowest BCUT2D eigenvalue weighted by Gasteiger charge is -2.15. The number of carbonyl (C=O) groups is 3. The second-order valence-electron chi connectivity index (χ2n) is 4.77. The fourth-order valence-corrected chi connectivity index (χ4v) is 2.94. The summed E-state index contributed by atoms with van der Waals surface area (Å²) in [5.41, 5.74) is 0.318. The molecule has 0 aliphatic carbocycles. The zero-order chi connectivity index (χ0) is 17.7. The summed E-state index contributed by atoms with van der Waals surface area (Å²) in [6.07, 6.45) is 0. The molecule has 0 spiro atoms. The van der Waals surface area contributed by atoms with Crippen LogP contribution in [0.3, 0.4) is 0 Å². The summed E-state index contributed by atoms with van der Waals surface area (Å²) in [7, 11) is 4.39. The van der Waals surface area contributed by atoms with Gasteiger partial charge < -0.3 is 19.5 Å². The predicted octanol–water partition coefficient (Wildman–Crippen LogP) is 1.14. The number of carbonyl (C=O) groups excluding carboxylic acids is 3. The molecule has 1 saturated heterocycles. The molecule has 0 aromatic heterocycles. The van der Waals surface area contributed by atoms with E-state index < -0.39 is 0 Å². The molecule has 8 nitrogen and oxygen atoms in total. The van der Waals surface area contributed by atoms with Crippen LogP contribution in [0.4, 0.5) is 4.79 Å². The Morgan fingerprint density at radius 3 is 2.25 bits per heavy atom. The third-order valence-electron chi connectivity index (χ3n) is 3.39. The van der Waals surface area contributed by atoms with Crippen molar-refractivity contribution in [2.75, 3.05) is 40.2 Å². The Kier molecular flexibility index (Phi) is 5.91. The Labute approximate surface area is 143 Å². The van der Waals surface area contributed by atoms with Gasteiger partial charge in [0.25, 0.3) is 11.1 Å². The van der Waals surface area contributed by atoms with Gasteiger partial charge in [0.15, 0.2) is 11.5 Å². The second kappa shape index (κ2) is 7.91. The standard InChI is InChI=1S/C15H18N2O6S/c1-21-10-6-9(7-11(22-2)13(10)23-3)14(19)16-4-5-17-12(18)8-24-15(17)20/h6-7H,4-5,8H2,1-3H3,(H,16,19). The van der Waals surface area contributed by atoms with E-state index in [1.165, 1.54) is 33.5 Å². The molecule has 1 fully saturated rings. The van der Waals surface area contributed by atoms with Gasteiger partial charge in [0.05, 0.1) is 27.1 Å². The minimum Gasteiger partial charge on any atom is -0.493 e. The third kappa shape index (κ3) is 3.73. The highest BCUT2D eigenvalue weighted by Crippen LogP contribution is 2.38. The van der Waals surface area contributed by atoms with E-state index in [2.05, 4.69) is 5.32 Å². The van der Waals surface area contributed by atoms with E-state index in [4.69, 9.17) is 14.2 Å². The highest BCUT2D eigenvalue weighted by atomic mass is 32.2. The molecule has 130 valence electrons. The number of nitrogens with zero attached hydrogens (tertiary/aromatic N) is 1. The minimum absolute atomic E-state index is 0.140. The molecule has 0 saturated carbocycles. The van der Waals surface area contributed by atoms with Crippen LogP contribution in [0.25, 0.3) is 0 Å². The Bertz CT molecular complexity index is 622. The first-order valence-electron chi connectivity index (χ1n) is 7.07. The van der Waals surface area contributed by atoms with Crippen LogP contribution < -0.4 is 19.5 Å². The molecule has 1 heterocycles. The number of thioether (sulfide) groups is 1. The van der Waals surface area contributed by atoms with Gasteiger partial charge in [-0.15, -0.1) is 0 Å². The Morgan fingerprint density at radius 1 is 1.17 bits per heavy atom. The van der Waals surface area contributed by atoms with Crippen LogP contribution in [0.15, 0.2) is 12.1 Å². The number of benzene rings is 1. The molecule has 1 aromatic rings. The lowest BCUT2D eigenvalue weighted by molar-refractivity contribution is -0.124. The van der Waals surface area contributed by atoms with Crippen LogP contribution in [0.5, 0.6) is 17.2 Å². The van der Waals surface area contributed by atoms with Crippen LogP contribution in [0.1, 0.15) is 10.4 Å². The number of rotatable bonds is 7. The predicted molar refractivity (Wildman–Crippen MR) is 88.0 cm³/mol. The van der Waals surface area contributed by atoms with Crippen LogP contribution in [0, 0.1) is 0 Å². The molecule has 0 bridgehead atoms. The lowest BCUT2D eigenvalue weighted by Crippen LogP contribution is -2.37. The highest BCUT2D eigenvalue weighted by Gasteiger charge is 2.29. The number of hydrogen-bond acceptors (Lipinski definition) is 7. The molecule has 3 amide bonds. The van der Waals surface area contributed by atoms with E-state index >= 15 is 0 Å². The normalized spacial score (nSPS) is 13.9. The molecule has 0 radical (unpaired) electrons. The molecule has 0 atom stereocenters. The first-order chi connectivity index (χ1) is 11.5. The van der Waals surface area contributed by atoms with E-state index in [0.717, 1.165) is 16.7 Å². The maximum atomic E-state index is 12.3. The maximum absolute atomic E-state index is 12.3. The van der Waals surface area contributed by atoms with Crippen LogP contribution in [0.2, 0.25) is 0 Å². The van der Waals surface area contributed by atoms with Gasteiger partial charge >= 0.3 is 0 Å². The van der Waals surface area contributed by atoms with Crippen molar-refractivity contribution in [3.05, 3.63) is 17.7 Å². The SMILES string of the molecule is COc1cc(C(=O)NCCN2C(=O)CSC2=O)cc(OC)c1OC. The third-order valence-corrected chi connectivity index (χ3v) is 4.25. The van der Waals surface area contributed by atoms with Gasteiger partial charge in [-0.25, -0.2) is 0 Å². The molecule has 1 aromatic carbocycles. The quantitative estimate of drug-likeness (QED) is 0.784. The number of nitrogens with one attached hydrogen (secondary N) is 1. The van der Waals surface area contributed by atoms with Crippen molar-refractivity contribution in [1.29, 1.82) is 0 Å². The average molecular weight is 354 g/mol. The second-order valence-corrected chi connectivity index (χ2v) is 5.70. The lowest BCUT2D eigenvalue weighted by atomic mass is 10.1. The summed E-state index contributed by atoms with van der Waals surface area (Å²) in [5.74, 6) is 0.654. The van der Waals surface area contributed by atoms with Crippen molar-refractivity contribution >= 4 is 28.8 Å². The molecular weight excluding hydrogens is 336 g/mol. The van der Waals surface area contributed by atoms with E-state index in [1.807, 2.05) is 0 Å². The molecule has 0 unspecified atom stereocenters. The van der Waals surface area contributed by atoms with Crippen molar-refractivity contribution in [2.24, 2.45) is 0 Å². The molecular formula is C15H18N2O6S. The molecule has 1 aliphatic rings. The molecule has 9 heteroatoms. The number of ether oxygens (including phenoxy) is 3. The zero-order valence-corrected chi connectivity index (χ0v) is 14.4. The summed E-state index contributed by atoms with van der Waals surface area (Å²) in [4.78, 5) is 36.4. The van der Waals surface area contributed by atoms with Gasteiger partial charge in [0.2, 0.25) is 11.7 Å². The molecule has 2 rings (SSSR count). The van der Waals surface area contributed by atoms with E-state index in [1.54, 1.807) is 0 Å². The average Bonchev–Trinajstić information content (AvgIpc) is 2.91. The molecule has 1 aliphatic heterocycles. The van der Waals surface area contributed by atoms with Crippen molar-refractivity contribution < 1.29 is 28.6 Å². The van der Waals surface area contributed by atoms with E-state index in [-0.39, 0.29) is 35.9 Å². The summed E-state index contributed by atoms with van der Waals surface area (Å²) >= 11 is 0.960. The number of hydrogen-bond donors (Lipinski definition) is 1. The maximum Gasteiger partial charge on any atom is 0.288 e. The molecule has 24 heavy (non-hydrogen) atoms. The largest absolute Gasteiger partial charge is 0.493 e.